The third-order valence-corrected chi connectivity index (χ3v) is 4.22. The first-order chi connectivity index (χ1) is 11.0. The lowest BCUT2D eigenvalue weighted by atomic mass is 9.98. The molecule has 1 amide bonds. The van der Waals surface area contributed by atoms with Gasteiger partial charge in [-0.05, 0) is 49.4 Å². The Hall–Kier alpha value is -2.63. The van der Waals surface area contributed by atoms with Gasteiger partial charge in [0.25, 0.3) is 5.91 Å². The van der Waals surface area contributed by atoms with Gasteiger partial charge in [0.15, 0.2) is 0 Å². The third kappa shape index (κ3) is 3.41. The molecule has 120 valence electrons. The van der Waals surface area contributed by atoms with Crippen molar-refractivity contribution in [1.82, 2.24) is 15.1 Å². The van der Waals surface area contributed by atoms with Crippen LogP contribution in [-0.2, 0) is 6.42 Å². The summed E-state index contributed by atoms with van der Waals surface area (Å²) >= 11 is 0. The number of carbonyl (C=O) groups is 2. The van der Waals surface area contributed by atoms with E-state index in [1.807, 2.05) is 24.0 Å². The summed E-state index contributed by atoms with van der Waals surface area (Å²) in [5, 5.41) is 15.7. The topological polar surface area (TPSA) is 86.3 Å². The van der Waals surface area contributed by atoms with Crippen LogP contribution in [0.1, 0.15) is 38.5 Å². The summed E-state index contributed by atoms with van der Waals surface area (Å²) in [4.78, 5) is 25.1. The second-order valence-electron chi connectivity index (χ2n) is 6.05. The van der Waals surface area contributed by atoms with Crippen molar-refractivity contribution in [2.24, 2.45) is 5.92 Å². The first-order valence-corrected chi connectivity index (χ1v) is 7.66. The van der Waals surface area contributed by atoms with E-state index in [4.69, 9.17) is 5.11 Å². The van der Waals surface area contributed by atoms with Gasteiger partial charge in [-0.3, -0.25) is 9.89 Å². The van der Waals surface area contributed by atoms with Gasteiger partial charge in [-0.15, -0.1) is 0 Å². The molecule has 23 heavy (non-hydrogen) atoms. The summed E-state index contributed by atoms with van der Waals surface area (Å²) < 4.78 is 0. The van der Waals surface area contributed by atoms with Crippen LogP contribution in [0.4, 0.5) is 0 Å². The van der Waals surface area contributed by atoms with E-state index >= 15 is 0 Å². The maximum atomic E-state index is 12.4. The van der Waals surface area contributed by atoms with Crippen LogP contribution in [0.2, 0.25) is 0 Å². The molecule has 0 aliphatic carbocycles. The number of rotatable bonds is 4. The van der Waals surface area contributed by atoms with Gasteiger partial charge in [0.1, 0.15) is 5.69 Å². The minimum atomic E-state index is -0.913. The number of benzene rings is 1. The molecular formula is C17H19N3O3. The van der Waals surface area contributed by atoms with E-state index in [0.29, 0.717) is 23.7 Å². The van der Waals surface area contributed by atoms with Crippen molar-refractivity contribution in [2.75, 3.05) is 13.1 Å². The number of carboxylic acids is 1. The van der Waals surface area contributed by atoms with Gasteiger partial charge in [0.2, 0.25) is 0 Å². The van der Waals surface area contributed by atoms with Gasteiger partial charge < -0.3 is 10.0 Å². The summed E-state index contributed by atoms with van der Waals surface area (Å²) in [5.41, 5.74) is 2.74. The average Bonchev–Trinajstić information content (AvgIpc) is 3.16. The number of hydrogen-bond acceptors (Lipinski definition) is 3. The molecule has 6 nitrogen and oxygen atoms in total. The van der Waals surface area contributed by atoms with Crippen molar-refractivity contribution in [3.8, 4) is 0 Å². The number of aromatic amines is 1. The molecule has 1 aromatic carbocycles. The highest BCUT2D eigenvalue weighted by atomic mass is 16.4. The third-order valence-electron chi connectivity index (χ3n) is 4.22. The highest BCUT2D eigenvalue weighted by Crippen LogP contribution is 2.22. The number of aromatic nitrogens is 2. The fourth-order valence-electron chi connectivity index (χ4n) is 2.99. The standard InChI is InChI=1S/C17H19N3O3/c1-11-8-15(19-18-11)16(21)20-7-6-13(10-20)9-12-2-4-14(5-3-12)17(22)23/h2-5,8,13H,6-7,9-10H2,1H3,(H,18,19)(H,22,23)/t13-/m1/s1. The van der Waals surface area contributed by atoms with E-state index in [1.165, 1.54) is 0 Å². The molecule has 1 aromatic heterocycles. The van der Waals surface area contributed by atoms with Crippen molar-refractivity contribution in [3.63, 3.8) is 0 Å². The number of nitrogens with one attached hydrogen (secondary N) is 1. The van der Waals surface area contributed by atoms with Gasteiger partial charge in [-0.25, -0.2) is 4.79 Å². The number of carboxylic acid groups (broad SMARTS) is 1. The van der Waals surface area contributed by atoms with Gasteiger partial charge in [-0.2, -0.15) is 5.10 Å². The van der Waals surface area contributed by atoms with E-state index in [-0.39, 0.29) is 5.91 Å². The number of nitrogens with zero attached hydrogens (tertiary/aromatic N) is 2. The van der Waals surface area contributed by atoms with E-state index in [1.54, 1.807) is 18.2 Å². The largest absolute Gasteiger partial charge is 0.478 e. The van der Waals surface area contributed by atoms with Gasteiger partial charge in [0.05, 0.1) is 5.56 Å². The molecule has 3 rings (SSSR count). The van der Waals surface area contributed by atoms with Gasteiger partial charge in [0, 0.05) is 18.8 Å². The number of carbonyl (C=O) groups excluding carboxylic acids is 1. The van der Waals surface area contributed by atoms with Crippen LogP contribution >= 0.6 is 0 Å². The Morgan fingerprint density at radius 2 is 2.09 bits per heavy atom. The molecule has 1 aliphatic rings. The molecule has 2 N–H and O–H groups in total. The lowest BCUT2D eigenvalue weighted by Gasteiger charge is -2.15. The molecule has 1 saturated heterocycles. The SMILES string of the molecule is Cc1cc(C(=O)N2CC[C@H](Cc3ccc(C(=O)O)cc3)C2)n[nH]1. The highest BCUT2D eigenvalue weighted by Gasteiger charge is 2.28. The zero-order valence-electron chi connectivity index (χ0n) is 13.0. The Labute approximate surface area is 134 Å². The monoisotopic (exact) mass is 313 g/mol. The van der Waals surface area contributed by atoms with Crippen LogP contribution in [0.25, 0.3) is 0 Å². The van der Waals surface area contributed by atoms with Crippen LogP contribution in [0.3, 0.4) is 0 Å². The maximum absolute atomic E-state index is 12.4. The Morgan fingerprint density at radius 3 is 2.70 bits per heavy atom. The summed E-state index contributed by atoms with van der Waals surface area (Å²) in [6.07, 6.45) is 1.80. The predicted octanol–water partition coefficient (Wildman–Crippen LogP) is 2.12. The lowest BCUT2D eigenvalue weighted by molar-refractivity contribution is 0.0696. The van der Waals surface area contributed by atoms with Crippen molar-refractivity contribution in [2.45, 2.75) is 19.8 Å². The minimum absolute atomic E-state index is 0.0296. The molecule has 6 heteroatoms. The molecule has 1 atom stereocenters. The molecule has 0 saturated carbocycles. The molecule has 0 radical (unpaired) electrons. The minimum Gasteiger partial charge on any atom is -0.478 e. The average molecular weight is 313 g/mol. The molecule has 2 heterocycles. The molecule has 0 unspecified atom stereocenters. The lowest BCUT2D eigenvalue weighted by Crippen LogP contribution is -2.29. The molecule has 1 fully saturated rings. The molecule has 1 aliphatic heterocycles. The fraction of sp³-hybridized carbons (Fsp3) is 0.353. The number of amides is 1. The number of aryl methyl sites for hydroxylation is 1. The Morgan fingerprint density at radius 1 is 1.35 bits per heavy atom. The predicted molar refractivity (Wildman–Crippen MR) is 84.4 cm³/mol. The molecular weight excluding hydrogens is 294 g/mol. The summed E-state index contributed by atoms with van der Waals surface area (Å²) in [6, 6.07) is 8.72. The molecule has 0 spiro atoms. The first-order valence-electron chi connectivity index (χ1n) is 7.66. The highest BCUT2D eigenvalue weighted by molar-refractivity contribution is 5.92. The van der Waals surface area contributed by atoms with Crippen LogP contribution in [0.15, 0.2) is 30.3 Å². The van der Waals surface area contributed by atoms with E-state index in [0.717, 1.165) is 30.6 Å². The molecule has 0 bridgehead atoms. The van der Waals surface area contributed by atoms with E-state index in [2.05, 4.69) is 10.2 Å². The van der Waals surface area contributed by atoms with Crippen LogP contribution in [0.5, 0.6) is 0 Å². The number of hydrogen-bond donors (Lipinski definition) is 2. The van der Waals surface area contributed by atoms with Crippen molar-refractivity contribution in [1.29, 1.82) is 0 Å². The Kier molecular flexibility index (Phi) is 4.14. The maximum Gasteiger partial charge on any atom is 0.335 e. The Balaban J connectivity index is 1.59. The zero-order valence-corrected chi connectivity index (χ0v) is 13.0. The van der Waals surface area contributed by atoms with E-state index < -0.39 is 5.97 Å². The molecule has 2 aromatic rings. The smallest absolute Gasteiger partial charge is 0.335 e. The summed E-state index contributed by atoms with van der Waals surface area (Å²) in [7, 11) is 0. The van der Waals surface area contributed by atoms with Crippen molar-refractivity contribution >= 4 is 11.9 Å². The van der Waals surface area contributed by atoms with Crippen molar-refractivity contribution in [3.05, 3.63) is 52.8 Å². The van der Waals surface area contributed by atoms with Crippen LogP contribution in [0, 0.1) is 12.8 Å². The number of likely N-dealkylation sites (tertiary alicyclic amines) is 1. The van der Waals surface area contributed by atoms with Crippen LogP contribution in [-0.4, -0.2) is 45.2 Å². The normalized spacial score (nSPS) is 17.4. The first kappa shape index (κ1) is 15.3. The number of H-pyrrole nitrogens is 1. The van der Waals surface area contributed by atoms with Gasteiger partial charge >= 0.3 is 5.97 Å². The second kappa shape index (κ2) is 6.24. The fourth-order valence-corrected chi connectivity index (χ4v) is 2.99. The quantitative estimate of drug-likeness (QED) is 0.905. The zero-order chi connectivity index (χ0) is 16.4. The summed E-state index contributed by atoms with van der Waals surface area (Å²) in [5.74, 6) is -0.545. The van der Waals surface area contributed by atoms with Gasteiger partial charge in [-0.1, -0.05) is 12.1 Å². The Bertz CT molecular complexity index is 721. The summed E-state index contributed by atoms with van der Waals surface area (Å²) in [6.45, 7) is 3.32. The van der Waals surface area contributed by atoms with E-state index in [9.17, 15) is 9.59 Å². The van der Waals surface area contributed by atoms with Crippen LogP contribution < -0.4 is 0 Å². The van der Waals surface area contributed by atoms with Crippen molar-refractivity contribution < 1.29 is 14.7 Å². The number of aromatic carboxylic acids is 1. The second-order valence-corrected chi connectivity index (χ2v) is 6.05.